The van der Waals surface area contributed by atoms with Crippen LogP contribution in [0.25, 0.3) is 0 Å². The Kier molecular flexibility index (Phi) is 7.16. The highest BCUT2D eigenvalue weighted by Crippen LogP contribution is 2.45. The Morgan fingerprint density at radius 1 is 1.18 bits per heavy atom. The first-order valence-corrected chi connectivity index (χ1v) is 11.8. The molecule has 1 saturated heterocycles. The van der Waals surface area contributed by atoms with E-state index in [-0.39, 0.29) is 30.4 Å². The van der Waals surface area contributed by atoms with Gasteiger partial charge < -0.3 is 20.7 Å². The molecule has 6 nitrogen and oxygen atoms in total. The molecule has 0 bridgehead atoms. The molecule has 2 aromatic rings. The minimum atomic E-state index is -2.71. The molecule has 0 spiro atoms. The van der Waals surface area contributed by atoms with E-state index in [9.17, 15) is 18.4 Å². The number of hydrogen-bond acceptors (Lipinski definition) is 4. The van der Waals surface area contributed by atoms with E-state index >= 15 is 0 Å². The number of carbonyl (C=O) groups is 2. The van der Waals surface area contributed by atoms with Crippen LogP contribution in [0.2, 0.25) is 0 Å². The SMILES string of the molecule is CNC(=O)c1cc(C(=O)NCCC[C@@H]2CCNCC2(F)F)cc2c1O[C@H](C)[C@H]2c1ccccc1. The van der Waals surface area contributed by atoms with Crippen LogP contribution in [-0.2, 0) is 0 Å². The predicted octanol–water partition coefficient (Wildman–Crippen LogP) is 3.71. The summed E-state index contributed by atoms with van der Waals surface area (Å²) in [6.07, 6.45) is 1.04. The first-order chi connectivity index (χ1) is 16.3. The van der Waals surface area contributed by atoms with Crippen molar-refractivity contribution < 1.29 is 23.1 Å². The Morgan fingerprint density at radius 3 is 2.65 bits per heavy atom. The van der Waals surface area contributed by atoms with Crippen molar-refractivity contribution in [2.45, 2.75) is 44.1 Å². The fourth-order valence-corrected chi connectivity index (χ4v) is 4.96. The van der Waals surface area contributed by atoms with Gasteiger partial charge in [0.2, 0.25) is 0 Å². The van der Waals surface area contributed by atoms with Crippen LogP contribution >= 0.6 is 0 Å². The van der Waals surface area contributed by atoms with Gasteiger partial charge in [0, 0.05) is 36.6 Å². The van der Waals surface area contributed by atoms with Crippen LogP contribution < -0.4 is 20.7 Å². The Hall–Kier alpha value is -3.00. The first-order valence-electron chi connectivity index (χ1n) is 11.8. The van der Waals surface area contributed by atoms with E-state index in [2.05, 4.69) is 16.0 Å². The number of alkyl halides is 2. The summed E-state index contributed by atoms with van der Waals surface area (Å²) in [5.74, 6) is -3.68. The standard InChI is InChI=1S/C26H31F2N3O3/c1-16-22(17-7-4-3-5-8-17)20-13-18(14-21(23(20)34-16)25(33)29-2)24(32)31-11-6-9-19-10-12-30-15-26(19,27)28/h3-5,7-8,13-14,16,19,22,30H,6,9-12,15H2,1-2H3,(H,29,33)(H,31,32)/t16-,19-,22+/m1/s1. The maximum Gasteiger partial charge on any atom is 0.263 e. The second-order valence-corrected chi connectivity index (χ2v) is 9.05. The third-order valence-electron chi connectivity index (χ3n) is 6.76. The van der Waals surface area contributed by atoms with Crippen LogP contribution in [0.3, 0.4) is 0 Å². The van der Waals surface area contributed by atoms with E-state index in [1.165, 1.54) is 13.1 Å². The predicted molar refractivity (Wildman–Crippen MR) is 126 cm³/mol. The summed E-state index contributed by atoms with van der Waals surface area (Å²) in [6, 6.07) is 13.1. The smallest absolute Gasteiger partial charge is 0.263 e. The van der Waals surface area contributed by atoms with Crippen molar-refractivity contribution in [1.29, 1.82) is 0 Å². The van der Waals surface area contributed by atoms with E-state index in [1.54, 1.807) is 6.07 Å². The number of ether oxygens (including phenoxy) is 1. The first kappa shape index (κ1) is 24.1. The number of carbonyl (C=O) groups excluding carboxylic acids is 2. The molecular formula is C26H31F2N3O3. The summed E-state index contributed by atoms with van der Waals surface area (Å²) in [4.78, 5) is 25.6. The Labute approximate surface area is 198 Å². The molecule has 1 fully saturated rings. The zero-order valence-corrected chi connectivity index (χ0v) is 19.5. The van der Waals surface area contributed by atoms with E-state index < -0.39 is 11.8 Å². The van der Waals surface area contributed by atoms with Gasteiger partial charge in [-0.25, -0.2) is 8.78 Å². The van der Waals surface area contributed by atoms with Crippen molar-refractivity contribution >= 4 is 11.8 Å². The molecule has 0 radical (unpaired) electrons. The molecule has 2 aliphatic rings. The highest BCUT2D eigenvalue weighted by molar-refractivity contribution is 6.02. The Bertz CT molecular complexity index is 1050. The molecule has 2 aliphatic heterocycles. The van der Waals surface area contributed by atoms with Crippen LogP contribution in [0.1, 0.15) is 63.9 Å². The average Bonchev–Trinajstić information content (AvgIpc) is 3.17. The van der Waals surface area contributed by atoms with Crippen LogP contribution in [-0.4, -0.2) is 50.5 Å². The lowest BCUT2D eigenvalue weighted by molar-refractivity contribution is -0.0762. The van der Waals surface area contributed by atoms with Gasteiger partial charge in [0.15, 0.2) is 0 Å². The molecule has 182 valence electrons. The van der Waals surface area contributed by atoms with Crippen LogP contribution in [0.4, 0.5) is 8.78 Å². The lowest BCUT2D eigenvalue weighted by Gasteiger charge is -2.31. The van der Waals surface area contributed by atoms with Gasteiger partial charge in [-0.1, -0.05) is 30.3 Å². The second kappa shape index (κ2) is 10.1. The summed E-state index contributed by atoms with van der Waals surface area (Å²) in [7, 11) is 1.53. The molecule has 3 N–H and O–H groups in total. The van der Waals surface area contributed by atoms with Gasteiger partial charge in [-0.3, -0.25) is 9.59 Å². The minimum absolute atomic E-state index is 0.116. The largest absolute Gasteiger partial charge is 0.489 e. The highest BCUT2D eigenvalue weighted by atomic mass is 19.3. The summed E-state index contributed by atoms with van der Waals surface area (Å²) < 4.78 is 34.1. The molecule has 4 rings (SSSR count). The van der Waals surface area contributed by atoms with Crippen molar-refractivity contribution in [2.75, 3.05) is 26.7 Å². The topological polar surface area (TPSA) is 79.5 Å². The Morgan fingerprint density at radius 2 is 1.94 bits per heavy atom. The molecule has 0 unspecified atom stereocenters. The lowest BCUT2D eigenvalue weighted by atomic mass is 9.87. The van der Waals surface area contributed by atoms with E-state index in [1.807, 2.05) is 37.3 Å². The average molecular weight is 472 g/mol. The molecular weight excluding hydrogens is 440 g/mol. The Balaban J connectivity index is 1.51. The molecule has 0 saturated carbocycles. The van der Waals surface area contributed by atoms with Crippen LogP contribution in [0, 0.1) is 5.92 Å². The normalized spacial score (nSPS) is 23.0. The number of amides is 2. The summed E-state index contributed by atoms with van der Waals surface area (Å²) in [6.45, 7) is 2.54. The number of fused-ring (bicyclic) bond motifs is 1. The van der Waals surface area contributed by atoms with Crippen molar-refractivity contribution in [3.63, 3.8) is 0 Å². The highest BCUT2D eigenvalue weighted by Gasteiger charge is 2.41. The van der Waals surface area contributed by atoms with Gasteiger partial charge in [0.25, 0.3) is 17.7 Å². The maximum absolute atomic E-state index is 14.0. The third kappa shape index (κ3) is 4.92. The molecule has 34 heavy (non-hydrogen) atoms. The van der Waals surface area contributed by atoms with E-state index in [0.717, 1.165) is 11.1 Å². The van der Waals surface area contributed by atoms with Gasteiger partial charge in [0.1, 0.15) is 11.9 Å². The molecule has 8 heteroatoms. The molecule has 2 heterocycles. The maximum atomic E-state index is 14.0. The zero-order valence-electron chi connectivity index (χ0n) is 19.5. The summed E-state index contributed by atoms with van der Waals surface area (Å²) in [5, 5.41) is 8.18. The molecule has 3 atom stereocenters. The summed E-state index contributed by atoms with van der Waals surface area (Å²) >= 11 is 0. The summed E-state index contributed by atoms with van der Waals surface area (Å²) in [5.41, 5.74) is 2.49. The fraction of sp³-hybridized carbons (Fsp3) is 0.462. The molecule has 0 aromatic heterocycles. The van der Waals surface area contributed by atoms with Gasteiger partial charge in [-0.15, -0.1) is 0 Å². The fourth-order valence-electron chi connectivity index (χ4n) is 4.96. The number of halogens is 2. The quantitative estimate of drug-likeness (QED) is 0.538. The van der Waals surface area contributed by atoms with Crippen molar-refractivity contribution in [1.82, 2.24) is 16.0 Å². The zero-order chi connectivity index (χ0) is 24.3. The minimum Gasteiger partial charge on any atom is -0.489 e. The number of rotatable bonds is 7. The number of nitrogens with one attached hydrogen (secondary N) is 3. The molecule has 2 amide bonds. The monoisotopic (exact) mass is 471 g/mol. The molecule has 0 aliphatic carbocycles. The third-order valence-corrected chi connectivity index (χ3v) is 6.76. The number of benzene rings is 2. The molecule has 2 aromatic carbocycles. The van der Waals surface area contributed by atoms with E-state index in [4.69, 9.17) is 4.74 Å². The van der Waals surface area contributed by atoms with Gasteiger partial charge in [0.05, 0.1) is 12.1 Å². The lowest BCUT2D eigenvalue weighted by Crippen LogP contribution is -2.46. The number of piperidine rings is 1. The van der Waals surface area contributed by atoms with E-state index in [0.29, 0.717) is 49.2 Å². The number of hydrogen-bond donors (Lipinski definition) is 3. The van der Waals surface area contributed by atoms with Crippen molar-refractivity contribution in [3.8, 4) is 5.75 Å². The van der Waals surface area contributed by atoms with Crippen LogP contribution in [0.15, 0.2) is 42.5 Å². The van der Waals surface area contributed by atoms with Gasteiger partial charge in [-0.05, 0) is 50.4 Å². The van der Waals surface area contributed by atoms with Gasteiger partial charge >= 0.3 is 0 Å². The van der Waals surface area contributed by atoms with Gasteiger partial charge in [-0.2, -0.15) is 0 Å². The van der Waals surface area contributed by atoms with Crippen molar-refractivity contribution in [2.24, 2.45) is 5.92 Å². The second-order valence-electron chi connectivity index (χ2n) is 9.05. The van der Waals surface area contributed by atoms with Crippen molar-refractivity contribution in [3.05, 3.63) is 64.7 Å². The van der Waals surface area contributed by atoms with Crippen LogP contribution in [0.5, 0.6) is 5.75 Å².